The van der Waals surface area contributed by atoms with Crippen molar-refractivity contribution in [3.63, 3.8) is 0 Å². The van der Waals surface area contributed by atoms with Crippen molar-refractivity contribution >= 4 is 5.91 Å². The number of piperidine rings is 1. The third-order valence-electron chi connectivity index (χ3n) is 6.15. The van der Waals surface area contributed by atoms with Crippen LogP contribution in [-0.4, -0.2) is 60.0 Å². The molecule has 1 aliphatic carbocycles. The van der Waals surface area contributed by atoms with Gasteiger partial charge in [-0.25, -0.2) is 0 Å². The smallest absolute Gasteiger partial charge is 0.248 e. The van der Waals surface area contributed by atoms with E-state index in [0.29, 0.717) is 5.92 Å². The van der Waals surface area contributed by atoms with Gasteiger partial charge in [0, 0.05) is 51.8 Å². The third-order valence-corrected chi connectivity index (χ3v) is 6.15. The van der Waals surface area contributed by atoms with Gasteiger partial charge in [-0.2, -0.15) is 5.10 Å². The number of hydrogen-bond donors (Lipinski definition) is 1. The highest BCUT2D eigenvalue weighted by molar-refractivity contribution is 5.84. The maximum Gasteiger partial charge on any atom is 0.248 e. The van der Waals surface area contributed by atoms with Gasteiger partial charge in [0.15, 0.2) is 0 Å². The number of nitrogens with one attached hydrogen (secondary N) is 1. The van der Waals surface area contributed by atoms with Crippen LogP contribution < -0.4 is 5.32 Å². The van der Waals surface area contributed by atoms with Gasteiger partial charge in [-0.05, 0) is 56.4 Å². The van der Waals surface area contributed by atoms with E-state index < -0.39 is 5.54 Å². The summed E-state index contributed by atoms with van der Waals surface area (Å²) in [6.45, 7) is 5.70. The molecule has 6 nitrogen and oxygen atoms in total. The summed E-state index contributed by atoms with van der Waals surface area (Å²) in [6.07, 6.45) is 10.3. The molecule has 3 heterocycles. The van der Waals surface area contributed by atoms with Crippen LogP contribution >= 0.6 is 0 Å². The fourth-order valence-corrected chi connectivity index (χ4v) is 4.21. The molecule has 1 saturated carbocycles. The highest BCUT2D eigenvalue weighted by atomic mass is 16.5. The number of nitrogens with zero attached hydrogens (tertiary/aromatic N) is 3. The Kier molecular flexibility index (Phi) is 5.08. The van der Waals surface area contributed by atoms with E-state index >= 15 is 0 Å². The molecule has 0 spiro atoms. The van der Waals surface area contributed by atoms with E-state index in [0.717, 1.165) is 58.2 Å². The van der Waals surface area contributed by atoms with Crippen LogP contribution in [0.2, 0.25) is 0 Å². The molecule has 1 aromatic heterocycles. The molecule has 0 radical (unpaired) electrons. The summed E-state index contributed by atoms with van der Waals surface area (Å²) in [7, 11) is 0. The third kappa shape index (κ3) is 3.90. The molecule has 0 aromatic carbocycles. The van der Waals surface area contributed by atoms with Gasteiger partial charge >= 0.3 is 0 Å². The van der Waals surface area contributed by atoms with Crippen LogP contribution in [0, 0.1) is 11.8 Å². The lowest BCUT2D eigenvalue weighted by Crippen LogP contribution is -2.56. The van der Waals surface area contributed by atoms with Gasteiger partial charge in [0.2, 0.25) is 5.91 Å². The van der Waals surface area contributed by atoms with Crippen molar-refractivity contribution in [1.82, 2.24) is 20.0 Å². The molecule has 1 amide bonds. The summed E-state index contributed by atoms with van der Waals surface area (Å²) in [5, 5.41) is 7.64. The zero-order valence-corrected chi connectivity index (χ0v) is 15.0. The van der Waals surface area contributed by atoms with Gasteiger partial charge in [0.05, 0.1) is 0 Å². The van der Waals surface area contributed by atoms with Crippen molar-refractivity contribution in [3.05, 3.63) is 18.5 Å². The van der Waals surface area contributed by atoms with E-state index in [1.807, 2.05) is 16.9 Å². The Morgan fingerprint density at radius 3 is 2.56 bits per heavy atom. The average molecular weight is 346 g/mol. The minimum absolute atomic E-state index is 0.161. The molecular formula is C19H30N4O2. The first-order valence-electron chi connectivity index (χ1n) is 9.85. The fraction of sp³-hybridized carbons (Fsp3) is 0.789. The van der Waals surface area contributed by atoms with Crippen LogP contribution in [0.3, 0.4) is 0 Å². The zero-order chi connectivity index (χ0) is 17.1. The Bertz CT molecular complexity index is 556. The quantitative estimate of drug-likeness (QED) is 0.850. The van der Waals surface area contributed by atoms with E-state index in [9.17, 15) is 4.79 Å². The van der Waals surface area contributed by atoms with E-state index in [1.165, 1.54) is 25.7 Å². The van der Waals surface area contributed by atoms with Gasteiger partial charge in [-0.15, -0.1) is 0 Å². The molecule has 0 bridgehead atoms. The van der Waals surface area contributed by atoms with Crippen molar-refractivity contribution in [2.24, 2.45) is 11.8 Å². The van der Waals surface area contributed by atoms with Crippen molar-refractivity contribution in [1.29, 1.82) is 0 Å². The van der Waals surface area contributed by atoms with E-state index in [1.54, 1.807) is 6.20 Å². The number of hydrogen-bond acceptors (Lipinski definition) is 4. The first kappa shape index (κ1) is 17.0. The molecule has 1 N–H and O–H groups in total. The molecule has 4 rings (SSSR count). The molecular weight excluding hydrogens is 316 g/mol. The van der Waals surface area contributed by atoms with Crippen molar-refractivity contribution in [3.8, 4) is 0 Å². The van der Waals surface area contributed by atoms with Crippen molar-refractivity contribution < 1.29 is 9.53 Å². The predicted molar refractivity (Wildman–Crippen MR) is 95.2 cm³/mol. The maximum atomic E-state index is 13.0. The number of aromatic nitrogens is 2. The summed E-state index contributed by atoms with van der Waals surface area (Å²) in [5.41, 5.74) is -0.509. The summed E-state index contributed by atoms with van der Waals surface area (Å²) in [6, 6.07) is 1.92. The first-order valence-corrected chi connectivity index (χ1v) is 9.85. The Morgan fingerprint density at radius 1 is 1.16 bits per heavy atom. The summed E-state index contributed by atoms with van der Waals surface area (Å²) >= 11 is 0. The second-order valence-electron chi connectivity index (χ2n) is 7.99. The van der Waals surface area contributed by atoms with Crippen LogP contribution in [0.5, 0.6) is 0 Å². The topological polar surface area (TPSA) is 59.4 Å². The fourth-order valence-electron chi connectivity index (χ4n) is 4.21. The molecule has 138 valence electrons. The van der Waals surface area contributed by atoms with E-state index in [2.05, 4.69) is 15.3 Å². The zero-order valence-electron chi connectivity index (χ0n) is 15.0. The van der Waals surface area contributed by atoms with Crippen molar-refractivity contribution in [2.75, 3.05) is 39.4 Å². The van der Waals surface area contributed by atoms with Crippen LogP contribution in [0.1, 0.15) is 38.5 Å². The predicted octanol–water partition coefficient (Wildman–Crippen LogP) is 1.63. The largest absolute Gasteiger partial charge is 0.381 e. The SMILES string of the molecule is O=C(NCC1CC1)C1(n2cccn2)CCN(CC2CCOCC2)CC1. The van der Waals surface area contributed by atoms with Gasteiger partial charge in [-0.3, -0.25) is 9.48 Å². The Hall–Kier alpha value is -1.40. The first-order chi connectivity index (χ1) is 12.3. The van der Waals surface area contributed by atoms with Crippen LogP contribution in [0.25, 0.3) is 0 Å². The second kappa shape index (κ2) is 7.46. The summed E-state index contributed by atoms with van der Waals surface area (Å²) < 4.78 is 7.37. The molecule has 2 saturated heterocycles. The molecule has 3 aliphatic rings. The number of carbonyl (C=O) groups is 1. The molecule has 2 aliphatic heterocycles. The lowest BCUT2D eigenvalue weighted by atomic mass is 9.85. The minimum Gasteiger partial charge on any atom is -0.381 e. The standard InChI is InChI=1S/C19H30N4O2/c24-18(20-14-16-2-3-16)19(23-9-1-8-21-23)6-10-22(11-7-19)15-17-4-12-25-13-5-17/h1,8-9,16-17H,2-7,10-15H2,(H,20,24). The van der Waals surface area contributed by atoms with Gasteiger partial charge in [0.25, 0.3) is 0 Å². The second-order valence-corrected chi connectivity index (χ2v) is 7.99. The van der Waals surface area contributed by atoms with Gasteiger partial charge in [0.1, 0.15) is 5.54 Å². The maximum absolute atomic E-state index is 13.0. The lowest BCUT2D eigenvalue weighted by Gasteiger charge is -2.42. The molecule has 1 aromatic rings. The van der Waals surface area contributed by atoms with Gasteiger partial charge < -0.3 is 15.0 Å². The van der Waals surface area contributed by atoms with E-state index in [4.69, 9.17) is 4.74 Å². The highest BCUT2D eigenvalue weighted by Gasteiger charge is 2.44. The molecule has 25 heavy (non-hydrogen) atoms. The van der Waals surface area contributed by atoms with Crippen LogP contribution in [0.15, 0.2) is 18.5 Å². The molecule has 0 unspecified atom stereocenters. The Balaban J connectivity index is 1.39. The van der Waals surface area contributed by atoms with Crippen LogP contribution in [-0.2, 0) is 15.1 Å². The number of carbonyl (C=O) groups excluding carboxylic acids is 1. The molecule has 3 fully saturated rings. The number of likely N-dealkylation sites (tertiary alicyclic amines) is 1. The number of amides is 1. The monoisotopic (exact) mass is 346 g/mol. The molecule has 0 atom stereocenters. The normalized spacial score (nSPS) is 25.0. The lowest BCUT2D eigenvalue weighted by molar-refractivity contribution is -0.133. The Morgan fingerprint density at radius 2 is 1.92 bits per heavy atom. The molecule has 6 heteroatoms. The number of rotatable bonds is 6. The average Bonchev–Trinajstić information content (AvgIpc) is 3.32. The van der Waals surface area contributed by atoms with Crippen molar-refractivity contribution in [2.45, 2.75) is 44.1 Å². The minimum atomic E-state index is -0.509. The Labute approximate surface area is 149 Å². The van der Waals surface area contributed by atoms with E-state index in [-0.39, 0.29) is 5.91 Å². The number of ether oxygens (including phenoxy) is 1. The van der Waals surface area contributed by atoms with Gasteiger partial charge in [-0.1, -0.05) is 0 Å². The summed E-state index contributed by atoms with van der Waals surface area (Å²) in [4.78, 5) is 15.6. The van der Waals surface area contributed by atoms with Crippen LogP contribution in [0.4, 0.5) is 0 Å². The highest BCUT2D eigenvalue weighted by Crippen LogP contribution is 2.32. The summed E-state index contributed by atoms with van der Waals surface area (Å²) in [5.74, 6) is 1.61.